The lowest BCUT2D eigenvalue weighted by Crippen LogP contribution is -2.34. The van der Waals surface area contributed by atoms with Crippen molar-refractivity contribution in [3.8, 4) is 5.75 Å². The third kappa shape index (κ3) is 7.42. The van der Waals surface area contributed by atoms with Crippen molar-refractivity contribution in [1.82, 2.24) is 10.1 Å². The number of ether oxygens (including phenoxy) is 1. The van der Waals surface area contributed by atoms with Crippen LogP contribution in [0.5, 0.6) is 5.75 Å². The van der Waals surface area contributed by atoms with Crippen molar-refractivity contribution in [2.75, 3.05) is 11.4 Å². The van der Waals surface area contributed by atoms with Gasteiger partial charge in [0.2, 0.25) is 0 Å². The minimum Gasteiger partial charge on any atom is -0.490 e. The molecule has 3 atom stereocenters. The number of nitrogens with one attached hydrogen (secondary N) is 1. The quantitative estimate of drug-likeness (QED) is 0.253. The van der Waals surface area contributed by atoms with Gasteiger partial charge in [0.15, 0.2) is 5.82 Å². The molecule has 3 unspecified atom stereocenters. The van der Waals surface area contributed by atoms with Crippen molar-refractivity contribution in [2.45, 2.75) is 78.4 Å². The molecule has 236 valence electrons. The fourth-order valence-electron chi connectivity index (χ4n) is 6.12. The molecule has 9 heteroatoms. The molecule has 1 aliphatic heterocycles. The normalized spacial score (nSPS) is 21.3. The first kappa shape index (κ1) is 31.9. The third-order valence-corrected chi connectivity index (χ3v) is 8.59. The van der Waals surface area contributed by atoms with Crippen molar-refractivity contribution in [2.24, 2.45) is 10.9 Å². The predicted octanol–water partition coefficient (Wildman–Crippen LogP) is 6.51. The average molecular weight is 611 g/mol. The standard InChI is InChI=1S/C36H42N4O5/c1-5-8-32-31(22-24-9-11-25(12-10-24)29(6-2)30(7-3)34-38-36(43)45-39-34)35(42)40(20-19-37-32)26-13-15-27(16-14-26)44-28-17-18-33(41)23(4)21-28/h6-7,9-16,19,23,28,33,41H,5,8,17-18,20-22H2,1-4H3,(H,38,39,43)/b29-6-,30-7+. The first-order valence-corrected chi connectivity index (χ1v) is 15.8. The van der Waals surface area contributed by atoms with Crippen LogP contribution in [-0.2, 0) is 11.2 Å². The summed E-state index contributed by atoms with van der Waals surface area (Å²) in [5.74, 6) is 0.708. The SMILES string of the molecule is C/C=C(\C(=C/C)c1noc(=O)[nH]1)c1ccc(CC2=C(CCC)N=CCN(c3ccc(OC4CCC(O)C(C)C4)cc3)C2=O)cc1. The average Bonchev–Trinajstić information content (AvgIpc) is 3.41. The summed E-state index contributed by atoms with van der Waals surface area (Å²) in [6.07, 6.45) is 9.97. The molecule has 0 saturated heterocycles. The van der Waals surface area contributed by atoms with E-state index in [2.05, 4.69) is 24.0 Å². The minimum absolute atomic E-state index is 0.0517. The number of aliphatic imine (C=N–C) groups is 1. The Morgan fingerprint density at radius 3 is 2.42 bits per heavy atom. The van der Waals surface area contributed by atoms with Crippen LogP contribution >= 0.6 is 0 Å². The van der Waals surface area contributed by atoms with Crippen LogP contribution in [0.25, 0.3) is 11.1 Å². The summed E-state index contributed by atoms with van der Waals surface area (Å²) in [5.41, 5.74) is 5.92. The number of aromatic nitrogens is 2. The predicted molar refractivity (Wildman–Crippen MR) is 177 cm³/mol. The number of carbonyl (C=O) groups excluding carboxylic acids is 1. The molecule has 0 bridgehead atoms. The maximum atomic E-state index is 14.1. The monoisotopic (exact) mass is 610 g/mol. The zero-order valence-corrected chi connectivity index (χ0v) is 26.5. The highest BCUT2D eigenvalue weighted by Gasteiger charge is 2.28. The number of anilines is 1. The number of nitrogens with zero attached hydrogens (tertiary/aromatic N) is 3. The summed E-state index contributed by atoms with van der Waals surface area (Å²) in [7, 11) is 0. The number of H-pyrrole nitrogens is 1. The molecule has 5 rings (SSSR count). The molecular weight excluding hydrogens is 568 g/mol. The zero-order chi connectivity index (χ0) is 31.9. The molecule has 1 aliphatic carbocycles. The highest BCUT2D eigenvalue weighted by Crippen LogP contribution is 2.32. The van der Waals surface area contributed by atoms with Crippen molar-refractivity contribution < 1.29 is 19.2 Å². The summed E-state index contributed by atoms with van der Waals surface area (Å²) in [6, 6.07) is 15.8. The Morgan fingerprint density at radius 1 is 1.07 bits per heavy atom. The minimum atomic E-state index is -0.601. The number of allylic oxidation sites excluding steroid dienone is 5. The van der Waals surface area contributed by atoms with Gasteiger partial charge in [-0.15, -0.1) is 0 Å². The van der Waals surface area contributed by atoms with E-state index in [4.69, 9.17) is 14.3 Å². The van der Waals surface area contributed by atoms with Crippen LogP contribution in [0.4, 0.5) is 5.69 Å². The van der Waals surface area contributed by atoms with Gasteiger partial charge in [0, 0.05) is 35.2 Å². The Bertz CT molecular complexity index is 1660. The highest BCUT2D eigenvalue weighted by molar-refractivity contribution is 6.09. The van der Waals surface area contributed by atoms with Crippen LogP contribution in [0, 0.1) is 5.92 Å². The molecule has 2 aliphatic rings. The van der Waals surface area contributed by atoms with E-state index < -0.39 is 5.76 Å². The van der Waals surface area contributed by atoms with Gasteiger partial charge in [0.25, 0.3) is 5.91 Å². The number of rotatable bonds is 10. The van der Waals surface area contributed by atoms with Gasteiger partial charge < -0.3 is 14.7 Å². The van der Waals surface area contributed by atoms with Gasteiger partial charge in [-0.25, -0.2) is 4.79 Å². The van der Waals surface area contributed by atoms with E-state index in [0.717, 1.165) is 65.1 Å². The van der Waals surface area contributed by atoms with E-state index in [-0.39, 0.29) is 24.0 Å². The van der Waals surface area contributed by atoms with Gasteiger partial charge in [-0.2, -0.15) is 0 Å². The number of aliphatic hydroxyl groups excluding tert-OH is 1. The van der Waals surface area contributed by atoms with Gasteiger partial charge in [-0.05, 0) is 86.4 Å². The van der Waals surface area contributed by atoms with E-state index in [1.807, 2.05) is 80.7 Å². The summed E-state index contributed by atoms with van der Waals surface area (Å²) >= 11 is 0. The Kier molecular flexibility index (Phi) is 10.3. The molecule has 3 aromatic rings. The number of hydrogen-bond donors (Lipinski definition) is 2. The molecular formula is C36H42N4O5. The molecule has 2 aromatic carbocycles. The Labute approximate surface area is 264 Å². The maximum Gasteiger partial charge on any atom is 0.439 e. The van der Waals surface area contributed by atoms with Crippen LogP contribution in [0.3, 0.4) is 0 Å². The molecule has 2 heterocycles. The smallest absolute Gasteiger partial charge is 0.439 e. The van der Waals surface area contributed by atoms with Crippen molar-refractivity contribution in [3.63, 3.8) is 0 Å². The first-order chi connectivity index (χ1) is 21.8. The van der Waals surface area contributed by atoms with E-state index in [1.54, 1.807) is 4.90 Å². The first-order valence-electron chi connectivity index (χ1n) is 15.8. The second-order valence-electron chi connectivity index (χ2n) is 11.7. The lowest BCUT2D eigenvalue weighted by Gasteiger charge is -2.31. The van der Waals surface area contributed by atoms with Crippen LogP contribution in [0.2, 0.25) is 0 Å². The number of aliphatic hydroxyl groups is 1. The number of hydrogen-bond acceptors (Lipinski definition) is 7. The van der Waals surface area contributed by atoms with Crippen LogP contribution in [0.15, 0.2) is 86.3 Å². The number of amides is 1. The summed E-state index contributed by atoms with van der Waals surface area (Å²) in [4.78, 5) is 34.8. The van der Waals surface area contributed by atoms with Crippen LogP contribution < -0.4 is 15.4 Å². The van der Waals surface area contributed by atoms with E-state index in [9.17, 15) is 14.7 Å². The molecule has 45 heavy (non-hydrogen) atoms. The Morgan fingerprint density at radius 2 is 1.80 bits per heavy atom. The molecule has 1 fully saturated rings. The highest BCUT2D eigenvalue weighted by atomic mass is 16.5. The summed E-state index contributed by atoms with van der Waals surface area (Å²) in [5, 5.41) is 13.9. The number of benzene rings is 2. The molecule has 9 nitrogen and oxygen atoms in total. The van der Waals surface area contributed by atoms with Crippen molar-refractivity contribution in [3.05, 3.63) is 99.5 Å². The van der Waals surface area contributed by atoms with Gasteiger partial charge in [0.1, 0.15) is 5.75 Å². The second kappa shape index (κ2) is 14.5. The third-order valence-electron chi connectivity index (χ3n) is 8.59. The van der Waals surface area contributed by atoms with Crippen molar-refractivity contribution in [1.29, 1.82) is 0 Å². The molecule has 1 amide bonds. The second-order valence-corrected chi connectivity index (χ2v) is 11.7. The van der Waals surface area contributed by atoms with E-state index >= 15 is 0 Å². The van der Waals surface area contributed by atoms with Crippen LogP contribution in [0.1, 0.15) is 76.8 Å². The molecule has 1 saturated carbocycles. The zero-order valence-electron chi connectivity index (χ0n) is 26.5. The molecule has 1 aromatic heterocycles. The summed E-state index contributed by atoms with van der Waals surface area (Å²) < 4.78 is 10.9. The summed E-state index contributed by atoms with van der Waals surface area (Å²) in [6.45, 7) is 8.35. The number of carbonyl (C=O) groups is 1. The van der Waals surface area contributed by atoms with Crippen LogP contribution in [-0.4, -0.2) is 46.1 Å². The molecule has 0 spiro atoms. The van der Waals surface area contributed by atoms with Gasteiger partial charge in [-0.1, -0.05) is 61.8 Å². The number of aromatic amines is 1. The van der Waals surface area contributed by atoms with Gasteiger partial charge in [0.05, 0.1) is 18.8 Å². The van der Waals surface area contributed by atoms with Gasteiger partial charge >= 0.3 is 5.76 Å². The Balaban J connectivity index is 1.33. The molecule has 2 N–H and O–H groups in total. The Hall–Kier alpha value is -4.50. The largest absolute Gasteiger partial charge is 0.490 e. The van der Waals surface area contributed by atoms with E-state index in [1.165, 1.54) is 0 Å². The topological polar surface area (TPSA) is 121 Å². The molecule has 0 radical (unpaired) electrons. The van der Waals surface area contributed by atoms with Crippen molar-refractivity contribution >= 4 is 29.0 Å². The maximum absolute atomic E-state index is 14.1. The lowest BCUT2D eigenvalue weighted by atomic mass is 9.86. The van der Waals surface area contributed by atoms with Gasteiger partial charge in [-0.3, -0.25) is 19.3 Å². The lowest BCUT2D eigenvalue weighted by molar-refractivity contribution is -0.115. The fourth-order valence-corrected chi connectivity index (χ4v) is 6.12. The van der Waals surface area contributed by atoms with E-state index in [0.29, 0.717) is 30.8 Å². The fraction of sp³-hybridized carbons (Fsp3) is 0.389.